The van der Waals surface area contributed by atoms with Gasteiger partial charge in [-0.2, -0.15) is 0 Å². The first-order valence-corrected chi connectivity index (χ1v) is 7.24. The Morgan fingerprint density at radius 1 is 1.29 bits per heavy atom. The molecule has 2 saturated heterocycles. The average molecular weight is 238 g/mol. The molecule has 0 aromatic rings. The Labute approximate surface area is 104 Å². The van der Waals surface area contributed by atoms with Crippen molar-refractivity contribution in [3.05, 3.63) is 0 Å². The highest BCUT2D eigenvalue weighted by Gasteiger charge is 2.58. The maximum Gasteiger partial charge on any atom is 0.0768 e. The van der Waals surface area contributed by atoms with E-state index in [2.05, 4.69) is 11.8 Å². The Balaban J connectivity index is 1.90. The van der Waals surface area contributed by atoms with E-state index in [4.69, 9.17) is 5.73 Å². The molecule has 5 unspecified atom stereocenters. The molecule has 5 atom stereocenters. The molecule has 3 N–H and O–H groups in total. The molecule has 3 aliphatic rings. The Hall–Kier alpha value is -0.120. The van der Waals surface area contributed by atoms with E-state index in [1.807, 2.05) is 0 Å². The summed E-state index contributed by atoms with van der Waals surface area (Å²) in [5, 5.41) is 11.3. The predicted octanol–water partition coefficient (Wildman–Crippen LogP) is 1.21. The molecule has 3 fully saturated rings. The van der Waals surface area contributed by atoms with E-state index in [-0.39, 0.29) is 5.41 Å². The SMILES string of the molecule is CC1CCC(CN)(C2(O)CCN3CCC2C3)C1. The van der Waals surface area contributed by atoms with Crippen LogP contribution in [0, 0.1) is 17.3 Å². The van der Waals surface area contributed by atoms with Crippen molar-refractivity contribution in [2.24, 2.45) is 23.0 Å². The van der Waals surface area contributed by atoms with Crippen LogP contribution in [0.25, 0.3) is 0 Å². The molecule has 0 radical (unpaired) electrons. The lowest BCUT2D eigenvalue weighted by atomic mass is 9.61. The van der Waals surface area contributed by atoms with E-state index in [0.29, 0.717) is 12.5 Å². The van der Waals surface area contributed by atoms with Gasteiger partial charge < -0.3 is 15.7 Å². The molecule has 98 valence electrons. The van der Waals surface area contributed by atoms with Crippen LogP contribution in [-0.2, 0) is 0 Å². The summed E-state index contributed by atoms with van der Waals surface area (Å²) >= 11 is 0. The minimum absolute atomic E-state index is 0.0213. The fourth-order valence-corrected chi connectivity index (χ4v) is 4.81. The van der Waals surface area contributed by atoms with Crippen LogP contribution in [0.4, 0.5) is 0 Å². The van der Waals surface area contributed by atoms with E-state index in [0.717, 1.165) is 38.3 Å². The standard InChI is InChI=1S/C14H26N2O/c1-11-2-4-13(8-11,10-15)14(17)5-7-16-6-3-12(14)9-16/h11-12,17H,2-10,15H2,1H3. The molecule has 17 heavy (non-hydrogen) atoms. The fourth-order valence-electron chi connectivity index (χ4n) is 4.81. The van der Waals surface area contributed by atoms with Gasteiger partial charge in [-0.1, -0.05) is 13.3 Å². The Kier molecular flexibility index (Phi) is 2.77. The van der Waals surface area contributed by atoms with Crippen molar-refractivity contribution in [3.8, 4) is 0 Å². The third-order valence-corrected chi connectivity index (χ3v) is 5.92. The maximum absolute atomic E-state index is 11.3. The summed E-state index contributed by atoms with van der Waals surface area (Å²) in [5.41, 5.74) is 5.65. The van der Waals surface area contributed by atoms with Crippen molar-refractivity contribution in [1.82, 2.24) is 4.90 Å². The maximum atomic E-state index is 11.3. The summed E-state index contributed by atoms with van der Waals surface area (Å²) in [6.45, 7) is 6.34. The number of nitrogens with two attached hydrogens (primary N) is 1. The van der Waals surface area contributed by atoms with Crippen LogP contribution in [0.1, 0.15) is 39.0 Å². The number of rotatable bonds is 2. The van der Waals surface area contributed by atoms with Gasteiger partial charge >= 0.3 is 0 Å². The highest BCUT2D eigenvalue weighted by Crippen LogP contribution is 2.55. The first-order chi connectivity index (χ1) is 8.10. The van der Waals surface area contributed by atoms with Gasteiger partial charge in [-0.25, -0.2) is 0 Å². The van der Waals surface area contributed by atoms with Gasteiger partial charge in [-0.15, -0.1) is 0 Å². The van der Waals surface area contributed by atoms with Crippen molar-refractivity contribution in [2.45, 2.75) is 44.6 Å². The summed E-state index contributed by atoms with van der Waals surface area (Å²) in [6, 6.07) is 0. The smallest absolute Gasteiger partial charge is 0.0768 e. The molecule has 2 aliphatic heterocycles. The third kappa shape index (κ3) is 1.59. The molecule has 1 aliphatic carbocycles. The van der Waals surface area contributed by atoms with E-state index < -0.39 is 5.60 Å². The van der Waals surface area contributed by atoms with Crippen LogP contribution in [0.3, 0.4) is 0 Å². The predicted molar refractivity (Wildman–Crippen MR) is 68.6 cm³/mol. The molecule has 1 saturated carbocycles. The lowest BCUT2D eigenvalue weighted by Gasteiger charge is -2.51. The highest BCUT2D eigenvalue weighted by atomic mass is 16.3. The molecule has 0 aromatic heterocycles. The second-order valence-corrected chi connectivity index (χ2v) is 6.79. The van der Waals surface area contributed by atoms with Gasteiger partial charge in [0.05, 0.1) is 5.60 Å². The van der Waals surface area contributed by atoms with Crippen LogP contribution >= 0.6 is 0 Å². The number of hydrogen-bond donors (Lipinski definition) is 2. The van der Waals surface area contributed by atoms with Crippen molar-refractivity contribution < 1.29 is 5.11 Å². The monoisotopic (exact) mass is 238 g/mol. The zero-order valence-electron chi connectivity index (χ0n) is 11.0. The summed E-state index contributed by atoms with van der Waals surface area (Å²) in [5.74, 6) is 1.21. The van der Waals surface area contributed by atoms with Crippen molar-refractivity contribution in [2.75, 3.05) is 26.2 Å². The molecule has 3 rings (SSSR count). The minimum atomic E-state index is -0.473. The van der Waals surface area contributed by atoms with Gasteiger partial charge in [-0.05, 0) is 38.1 Å². The van der Waals surface area contributed by atoms with Crippen LogP contribution in [0.5, 0.6) is 0 Å². The lowest BCUT2D eigenvalue weighted by molar-refractivity contribution is -0.139. The van der Waals surface area contributed by atoms with Crippen LogP contribution in [-0.4, -0.2) is 41.8 Å². The minimum Gasteiger partial charge on any atom is -0.389 e. The van der Waals surface area contributed by atoms with Crippen molar-refractivity contribution in [3.63, 3.8) is 0 Å². The molecular weight excluding hydrogens is 212 g/mol. The molecule has 3 heteroatoms. The number of aliphatic hydroxyl groups is 1. The Morgan fingerprint density at radius 3 is 2.76 bits per heavy atom. The fraction of sp³-hybridized carbons (Fsp3) is 1.00. The number of fused-ring (bicyclic) bond motifs is 2. The van der Waals surface area contributed by atoms with Crippen LogP contribution in [0.2, 0.25) is 0 Å². The van der Waals surface area contributed by atoms with Gasteiger partial charge in [0.25, 0.3) is 0 Å². The van der Waals surface area contributed by atoms with Crippen molar-refractivity contribution in [1.29, 1.82) is 0 Å². The summed E-state index contributed by atoms with van der Waals surface area (Å²) < 4.78 is 0. The number of hydrogen-bond acceptors (Lipinski definition) is 3. The van der Waals surface area contributed by atoms with E-state index in [9.17, 15) is 5.11 Å². The van der Waals surface area contributed by atoms with Crippen LogP contribution in [0.15, 0.2) is 0 Å². The normalized spacial score (nSPS) is 54.2. The lowest BCUT2D eigenvalue weighted by Crippen LogP contribution is -2.59. The third-order valence-electron chi connectivity index (χ3n) is 5.92. The second kappa shape index (κ2) is 3.94. The quantitative estimate of drug-likeness (QED) is 0.760. The topological polar surface area (TPSA) is 49.5 Å². The zero-order chi connectivity index (χ0) is 12.1. The summed E-state index contributed by atoms with van der Waals surface area (Å²) in [4.78, 5) is 2.50. The first kappa shape index (κ1) is 11.9. The summed E-state index contributed by atoms with van der Waals surface area (Å²) in [7, 11) is 0. The molecular formula is C14H26N2O. The van der Waals surface area contributed by atoms with Crippen LogP contribution < -0.4 is 5.73 Å². The summed E-state index contributed by atoms with van der Waals surface area (Å²) in [6.07, 6.45) is 5.64. The van der Waals surface area contributed by atoms with Crippen molar-refractivity contribution >= 4 is 0 Å². The molecule has 0 spiro atoms. The van der Waals surface area contributed by atoms with Gasteiger partial charge in [0, 0.05) is 31.0 Å². The molecule has 2 heterocycles. The van der Waals surface area contributed by atoms with E-state index in [1.165, 1.54) is 19.4 Å². The average Bonchev–Trinajstić information content (AvgIpc) is 2.90. The van der Waals surface area contributed by atoms with Gasteiger partial charge in [0.1, 0.15) is 0 Å². The molecule has 2 bridgehead atoms. The first-order valence-electron chi connectivity index (χ1n) is 7.24. The Bertz CT molecular complexity index is 309. The Morgan fingerprint density at radius 2 is 2.12 bits per heavy atom. The van der Waals surface area contributed by atoms with E-state index in [1.54, 1.807) is 0 Å². The zero-order valence-corrected chi connectivity index (χ0v) is 11.0. The van der Waals surface area contributed by atoms with Gasteiger partial charge in [0.15, 0.2) is 0 Å². The molecule has 3 nitrogen and oxygen atoms in total. The van der Waals surface area contributed by atoms with E-state index >= 15 is 0 Å². The highest BCUT2D eigenvalue weighted by molar-refractivity contribution is 5.10. The number of piperidine rings is 1. The van der Waals surface area contributed by atoms with Gasteiger partial charge in [0.2, 0.25) is 0 Å². The second-order valence-electron chi connectivity index (χ2n) is 6.79. The largest absolute Gasteiger partial charge is 0.389 e. The van der Waals surface area contributed by atoms with Gasteiger partial charge in [-0.3, -0.25) is 0 Å². The molecule has 0 amide bonds. The molecule has 0 aromatic carbocycles. The number of nitrogens with zero attached hydrogens (tertiary/aromatic N) is 1.